The molecule has 0 saturated heterocycles. The summed E-state index contributed by atoms with van der Waals surface area (Å²) >= 11 is 0. The highest BCUT2D eigenvalue weighted by Crippen LogP contribution is 2.21. The molecular weight excluding hydrogens is 486 g/mol. The molecule has 3 heterocycles. The Labute approximate surface area is 217 Å². The van der Waals surface area contributed by atoms with E-state index in [1.165, 1.54) is 12.7 Å². The Kier molecular flexibility index (Phi) is 8.57. The fourth-order valence-corrected chi connectivity index (χ4v) is 3.97. The Balaban J connectivity index is 0.000000278. The molecule has 12 heteroatoms. The first-order chi connectivity index (χ1) is 18.5. The number of aromatic nitrogens is 6. The van der Waals surface area contributed by atoms with Crippen LogP contribution in [0.15, 0.2) is 66.0 Å². The van der Waals surface area contributed by atoms with Gasteiger partial charge in [0.25, 0.3) is 5.56 Å². The van der Waals surface area contributed by atoms with Gasteiger partial charge in [-0.25, -0.2) is 25.4 Å². The molecule has 3 aromatic heterocycles. The average molecular weight is 516 g/mol. The molecule has 2 aromatic carbocycles. The maximum Gasteiger partial charge on any atom is 0.268 e. The van der Waals surface area contributed by atoms with Gasteiger partial charge in [0.2, 0.25) is 5.91 Å². The fraction of sp³-hybridized carbons (Fsp3) is 0.231. The van der Waals surface area contributed by atoms with E-state index in [0.29, 0.717) is 53.0 Å². The Hall–Kier alpha value is -4.84. The molecule has 0 bridgehead atoms. The van der Waals surface area contributed by atoms with Crippen LogP contribution >= 0.6 is 0 Å². The molecule has 0 radical (unpaired) electrons. The van der Waals surface area contributed by atoms with Crippen LogP contribution in [-0.4, -0.2) is 47.1 Å². The number of hydroxylamine groups is 1. The van der Waals surface area contributed by atoms with Crippen molar-refractivity contribution in [3.63, 3.8) is 0 Å². The molecule has 0 atom stereocenters. The van der Waals surface area contributed by atoms with Crippen molar-refractivity contribution in [1.29, 1.82) is 0 Å². The second kappa shape index (κ2) is 12.4. The summed E-state index contributed by atoms with van der Waals surface area (Å²) in [5, 5.41) is 12.3. The van der Waals surface area contributed by atoms with E-state index in [1.54, 1.807) is 10.0 Å². The van der Waals surface area contributed by atoms with Gasteiger partial charge in [0.1, 0.15) is 17.7 Å². The molecule has 5 aromatic rings. The Morgan fingerprint density at radius 2 is 1.92 bits per heavy atom. The summed E-state index contributed by atoms with van der Waals surface area (Å²) in [5.74, 6) is 0.738. The molecule has 0 unspecified atom stereocenters. The molecule has 5 rings (SSSR count). The van der Waals surface area contributed by atoms with Crippen LogP contribution in [0.1, 0.15) is 32.0 Å². The first kappa shape index (κ1) is 26.2. The van der Waals surface area contributed by atoms with Gasteiger partial charge in [0.15, 0.2) is 11.5 Å². The highest BCUT2D eigenvalue weighted by molar-refractivity contribution is 5.91. The molecule has 0 fully saturated rings. The standard InChI is InChI=1S/C21H24N4O3.C5H5N5/c1-2-8-18-23-17-12-6-11-16(22-14-7-13-19(26)24-28)20(17)21(27)25(18)15-9-4-3-5-10-15;6-4-3-5(9-1-7-3)10-2-8-4/h3-6,9-12,22,28H,2,7-8,13-14H2,1H3,(H,24,26);1-2H,(H3,6,7,8,9,10). The number of hydrogen-bond donors (Lipinski definition) is 5. The smallest absolute Gasteiger partial charge is 0.268 e. The molecular formula is C26H29N9O3. The zero-order chi connectivity index (χ0) is 26.9. The number of nitrogens with one attached hydrogen (secondary N) is 3. The summed E-state index contributed by atoms with van der Waals surface area (Å²) in [6.45, 7) is 2.56. The Bertz CT molecular complexity index is 1580. The average Bonchev–Trinajstić information content (AvgIpc) is 3.42. The van der Waals surface area contributed by atoms with Crippen LogP contribution in [0.5, 0.6) is 0 Å². The molecule has 0 aliphatic carbocycles. The largest absolute Gasteiger partial charge is 0.384 e. The summed E-state index contributed by atoms with van der Waals surface area (Å²) in [7, 11) is 0. The quantitative estimate of drug-likeness (QED) is 0.118. The lowest BCUT2D eigenvalue weighted by Gasteiger charge is -2.15. The Morgan fingerprint density at radius 3 is 2.66 bits per heavy atom. The second-order valence-corrected chi connectivity index (χ2v) is 8.38. The molecule has 1 amide bonds. The highest BCUT2D eigenvalue weighted by atomic mass is 16.5. The predicted molar refractivity (Wildman–Crippen MR) is 145 cm³/mol. The number of carbonyl (C=O) groups excluding carboxylic acids is 1. The van der Waals surface area contributed by atoms with Crippen molar-refractivity contribution in [3.8, 4) is 5.69 Å². The fourth-order valence-electron chi connectivity index (χ4n) is 3.97. The summed E-state index contributed by atoms with van der Waals surface area (Å²) in [4.78, 5) is 43.7. The zero-order valence-electron chi connectivity index (χ0n) is 20.9. The number of aromatic amines is 1. The number of nitrogens with two attached hydrogens (primary N) is 1. The SMILES string of the molecule is CCCc1nc2cccc(NCCCC(=O)NO)c2c(=O)n1-c1ccccc1.Nc1ncnc2nc[nH]c12. The van der Waals surface area contributed by atoms with Gasteiger partial charge >= 0.3 is 0 Å². The Morgan fingerprint density at radius 1 is 1.11 bits per heavy atom. The lowest BCUT2D eigenvalue weighted by molar-refractivity contribution is -0.129. The number of nitrogen functional groups attached to an aromatic ring is 1. The zero-order valence-corrected chi connectivity index (χ0v) is 20.9. The second-order valence-electron chi connectivity index (χ2n) is 8.38. The van der Waals surface area contributed by atoms with Crippen LogP contribution in [0.2, 0.25) is 0 Å². The van der Waals surface area contributed by atoms with Crippen LogP contribution in [0.4, 0.5) is 11.5 Å². The van der Waals surface area contributed by atoms with Crippen molar-refractivity contribution in [1.82, 2.24) is 35.0 Å². The molecule has 0 spiro atoms. The lowest BCUT2D eigenvalue weighted by Crippen LogP contribution is -2.25. The number of aryl methyl sites for hydroxylation is 1. The summed E-state index contributed by atoms with van der Waals surface area (Å²) < 4.78 is 1.68. The van der Waals surface area contributed by atoms with E-state index in [0.717, 1.165) is 17.9 Å². The van der Waals surface area contributed by atoms with Crippen molar-refractivity contribution >= 4 is 39.5 Å². The van der Waals surface area contributed by atoms with E-state index in [1.807, 2.05) is 48.5 Å². The number of hydrogen-bond acceptors (Lipinski definition) is 9. The number of rotatable bonds is 8. The van der Waals surface area contributed by atoms with E-state index in [4.69, 9.17) is 15.9 Å². The van der Waals surface area contributed by atoms with Crippen LogP contribution in [0.3, 0.4) is 0 Å². The number of benzene rings is 2. The van der Waals surface area contributed by atoms with Gasteiger partial charge < -0.3 is 16.0 Å². The lowest BCUT2D eigenvalue weighted by atomic mass is 10.1. The first-order valence-electron chi connectivity index (χ1n) is 12.2. The van der Waals surface area contributed by atoms with E-state index in [9.17, 15) is 9.59 Å². The minimum Gasteiger partial charge on any atom is -0.384 e. The number of fused-ring (bicyclic) bond motifs is 2. The van der Waals surface area contributed by atoms with E-state index < -0.39 is 5.91 Å². The molecule has 0 aliphatic heterocycles. The van der Waals surface area contributed by atoms with Crippen LogP contribution < -0.4 is 22.1 Å². The predicted octanol–water partition coefficient (Wildman–Crippen LogP) is 2.97. The topological polar surface area (TPSA) is 177 Å². The monoisotopic (exact) mass is 515 g/mol. The number of amides is 1. The third kappa shape index (κ3) is 5.93. The molecule has 0 aliphatic rings. The van der Waals surface area contributed by atoms with Crippen molar-refractivity contribution in [2.24, 2.45) is 0 Å². The summed E-state index contributed by atoms with van der Waals surface area (Å²) in [5.41, 5.74) is 10.4. The number of imidazole rings is 1. The van der Waals surface area contributed by atoms with Crippen molar-refractivity contribution in [2.45, 2.75) is 32.6 Å². The van der Waals surface area contributed by atoms with Crippen molar-refractivity contribution in [2.75, 3.05) is 17.6 Å². The van der Waals surface area contributed by atoms with Crippen LogP contribution in [0.25, 0.3) is 27.8 Å². The van der Waals surface area contributed by atoms with Crippen LogP contribution in [0, 0.1) is 0 Å². The third-order valence-corrected chi connectivity index (χ3v) is 5.73. The number of carbonyl (C=O) groups is 1. The highest BCUT2D eigenvalue weighted by Gasteiger charge is 2.15. The number of anilines is 2. The minimum atomic E-state index is -0.433. The molecule has 12 nitrogen and oxygen atoms in total. The molecule has 6 N–H and O–H groups in total. The van der Waals surface area contributed by atoms with E-state index >= 15 is 0 Å². The van der Waals surface area contributed by atoms with Gasteiger partial charge in [0, 0.05) is 25.1 Å². The van der Waals surface area contributed by atoms with E-state index in [-0.39, 0.29) is 12.0 Å². The number of para-hydroxylation sites is 1. The van der Waals surface area contributed by atoms with Gasteiger partial charge in [-0.2, -0.15) is 0 Å². The normalized spacial score (nSPS) is 10.7. The van der Waals surface area contributed by atoms with Crippen LogP contribution in [-0.2, 0) is 11.2 Å². The van der Waals surface area contributed by atoms with Gasteiger partial charge in [0.05, 0.1) is 22.9 Å². The minimum absolute atomic E-state index is 0.115. The van der Waals surface area contributed by atoms with Crippen molar-refractivity contribution < 1.29 is 10.0 Å². The third-order valence-electron chi connectivity index (χ3n) is 5.73. The van der Waals surface area contributed by atoms with Gasteiger partial charge in [-0.15, -0.1) is 0 Å². The number of nitrogens with zero attached hydrogens (tertiary/aromatic N) is 5. The van der Waals surface area contributed by atoms with Gasteiger partial charge in [-0.05, 0) is 37.1 Å². The van der Waals surface area contributed by atoms with E-state index in [2.05, 4.69) is 32.2 Å². The summed E-state index contributed by atoms with van der Waals surface area (Å²) in [6, 6.07) is 15.1. The maximum atomic E-state index is 13.4. The maximum absolute atomic E-state index is 13.4. The van der Waals surface area contributed by atoms with Crippen molar-refractivity contribution in [3.05, 3.63) is 77.4 Å². The first-order valence-corrected chi connectivity index (χ1v) is 12.2. The summed E-state index contributed by atoms with van der Waals surface area (Å²) in [6.07, 6.45) is 5.23. The van der Waals surface area contributed by atoms with Gasteiger partial charge in [-0.3, -0.25) is 19.4 Å². The molecule has 38 heavy (non-hydrogen) atoms. The molecule has 196 valence electrons. The van der Waals surface area contributed by atoms with Gasteiger partial charge in [-0.1, -0.05) is 31.2 Å². The molecule has 0 saturated carbocycles. The number of H-pyrrole nitrogens is 1.